The highest BCUT2D eigenvalue weighted by Crippen LogP contribution is 2.44. The first-order valence-electron chi connectivity index (χ1n) is 8.93. The summed E-state index contributed by atoms with van der Waals surface area (Å²) < 4.78 is 9.93. The summed E-state index contributed by atoms with van der Waals surface area (Å²) in [5, 5.41) is 0. The summed E-state index contributed by atoms with van der Waals surface area (Å²) in [7, 11) is 2.65. The van der Waals surface area contributed by atoms with Gasteiger partial charge < -0.3 is 9.47 Å². The summed E-state index contributed by atoms with van der Waals surface area (Å²) in [5.41, 5.74) is 5.93. The van der Waals surface area contributed by atoms with E-state index in [4.69, 9.17) is 9.47 Å². The van der Waals surface area contributed by atoms with E-state index in [1.165, 1.54) is 43.8 Å². The fourth-order valence-electron chi connectivity index (χ4n) is 4.37. The van der Waals surface area contributed by atoms with Gasteiger partial charge in [-0.2, -0.15) is 0 Å². The van der Waals surface area contributed by atoms with Crippen LogP contribution in [-0.4, -0.2) is 26.2 Å². The number of hydrogen-bond acceptors (Lipinski definition) is 4. The fraction of sp³-hybridized carbons (Fsp3) is 0.524. The molecule has 0 saturated carbocycles. The molecule has 0 bridgehead atoms. The maximum Gasteiger partial charge on any atom is 0.323 e. The van der Waals surface area contributed by atoms with E-state index in [2.05, 4.69) is 26.0 Å². The highest BCUT2D eigenvalue weighted by molar-refractivity contribution is 6.02. The number of esters is 2. The van der Waals surface area contributed by atoms with Crippen LogP contribution in [0.4, 0.5) is 0 Å². The topological polar surface area (TPSA) is 52.6 Å². The number of aryl methyl sites for hydroxylation is 1. The van der Waals surface area contributed by atoms with Crippen molar-refractivity contribution in [3.63, 3.8) is 0 Å². The molecule has 0 saturated heterocycles. The van der Waals surface area contributed by atoms with Gasteiger partial charge in [-0.1, -0.05) is 12.1 Å². The van der Waals surface area contributed by atoms with Crippen molar-refractivity contribution in [2.24, 2.45) is 5.41 Å². The van der Waals surface area contributed by atoms with E-state index < -0.39 is 17.4 Å². The molecule has 25 heavy (non-hydrogen) atoms. The minimum atomic E-state index is -1.25. The van der Waals surface area contributed by atoms with Gasteiger partial charge in [0.25, 0.3) is 0 Å². The standard InChI is InChI=1S/C21H26O4/c1-13-10-16(15-8-6-5-7-9-15)14(2)18-12-21(11-17(13)18,19(22)24-3)20(23)25-4/h8,10H,5-7,9,11-12H2,1-4H3. The number of fused-ring (bicyclic) bond motifs is 1. The SMILES string of the molecule is COC(=O)C1(C(=O)OC)Cc2c(C)cc(C3=CCCCC3)c(C)c2C1. The Morgan fingerprint density at radius 1 is 1.00 bits per heavy atom. The van der Waals surface area contributed by atoms with E-state index in [0.29, 0.717) is 12.8 Å². The van der Waals surface area contributed by atoms with Gasteiger partial charge in [-0.25, -0.2) is 0 Å². The first-order valence-corrected chi connectivity index (χ1v) is 8.93. The number of allylic oxidation sites excluding steroid dienone is 2. The minimum Gasteiger partial charge on any atom is -0.468 e. The molecule has 2 aliphatic carbocycles. The van der Waals surface area contributed by atoms with Gasteiger partial charge in [-0.3, -0.25) is 9.59 Å². The predicted octanol–water partition coefficient (Wildman–Crippen LogP) is 3.69. The largest absolute Gasteiger partial charge is 0.468 e. The third-order valence-corrected chi connectivity index (χ3v) is 5.80. The lowest BCUT2D eigenvalue weighted by Crippen LogP contribution is -2.42. The van der Waals surface area contributed by atoms with Gasteiger partial charge in [0.1, 0.15) is 0 Å². The van der Waals surface area contributed by atoms with Crippen molar-refractivity contribution in [1.82, 2.24) is 0 Å². The van der Waals surface area contributed by atoms with Gasteiger partial charge in [-0.05, 0) is 72.9 Å². The Kier molecular flexibility index (Phi) is 4.72. The van der Waals surface area contributed by atoms with Crippen molar-refractivity contribution in [1.29, 1.82) is 0 Å². The van der Waals surface area contributed by atoms with Gasteiger partial charge >= 0.3 is 11.9 Å². The van der Waals surface area contributed by atoms with Crippen molar-refractivity contribution < 1.29 is 19.1 Å². The minimum absolute atomic E-state index is 0.355. The first-order chi connectivity index (χ1) is 11.9. The third-order valence-electron chi connectivity index (χ3n) is 5.80. The van der Waals surface area contributed by atoms with E-state index in [1.54, 1.807) is 0 Å². The van der Waals surface area contributed by atoms with Crippen LogP contribution in [0, 0.1) is 19.3 Å². The molecular formula is C21H26O4. The predicted molar refractivity (Wildman–Crippen MR) is 96.2 cm³/mol. The quantitative estimate of drug-likeness (QED) is 0.621. The van der Waals surface area contributed by atoms with E-state index in [0.717, 1.165) is 29.5 Å². The second-order valence-corrected chi connectivity index (χ2v) is 7.22. The van der Waals surface area contributed by atoms with E-state index in [-0.39, 0.29) is 0 Å². The number of rotatable bonds is 3. The van der Waals surface area contributed by atoms with Crippen LogP contribution in [-0.2, 0) is 31.9 Å². The second kappa shape index (κ2) is 6.66. The molecule has 134 valence electrons. The summed E-state index contributed by atoms with van der Waals surface area (Å²) in [6.45, 7) is 4.17. The molecule has 0 unspecified atom stereocenters. The second-order valence-electron chi connectivity index (χ2n) is 7.22. The summed E-state index contributed by atoms with van der Waals surface area (Å²) in [4.78, 5) is 25.0. The van der Waals surface area contributed by atoms with Crippen LogP contribution in [0.5, 0.6) is 0 Å². The van der Waals surface area contributed by atoms with Crippen LogP contribution in [0.2, 0.25) is 0 Å². The Labute approximate surface area is 149 Å². The van der Waals surface area contributed by atoms with Crippen LogP contribution in [0.25, 0.3) is 5.57 Å². The zero-order valence-corrected chi connectivity index (χ0v) is 15.5. The van der Waals surface area contributed by atoms with Gasteiger partial charge in [0.2, 0.25) is 0 Å². The van der Waals surface area contributed by atoms with Gasteiger partial charge in [0.05, 0.1) is 14.2 Å². The van der Waals surface area contributed by atoms with E-state index in [1.807, 2.05) is 0 Å². The number of methoxy groups -OCH3 is 2. The third kappa shape index (κ3) is 2.78. The monoisotopic (exact) mass is 342 g/mol. The lowest BCUT2D eigenvalue weighted by Gasteiger charge is -2.22. The molecule has 0 atom stereocenters. The molecule has 0 aromatic heterocycles. The molecule has 3 rings (SSSR count). The van der Waals surface area contributed by atoms with Crippen molar-refractivity contribution in [3.8, 4) is 0 Å². The number of hydrogen-bond donors (Lipinski definition) is 0. The normalized spacial score (nSPS) is 18.3. The molecule has 1 aromatic carbocycles. The smallest absolute Gasteiger partial charge is 0.323 e. The molecule has 0 aliphatic heterocycles. The lowest BCUT2D eigenvalue weighted by atomic mass is 9.84. The molecule has 2 aliphatic rings. The summed E-state index contributed by atoms with van der Waals surface area (Å²) in [5.74, 6) is -1.01. The lowest BCUT2D eigenvalue weighted by molar-refractivity contribution is -0.168. The molecule has 0 radical (unpaired) electrons. The van der Waals surface area contributed by atoms with E-state index in [9.17, 15) is 9.59 Å². The first kappa shape index (κ1) is 17.7. The number of carbonyl (C=O) groups is 2. The maximum atomic E-state index is 12.5. The van der Waals surface area contributed by atoms with Crippen molar-refractivity contribution >= 4 is 17.5 Å². The molecule has 0 heterocycles. The van der Waals surface area contributed by atoms with Crippen molar-refractivity contribution in [2.75, 3.05) is 14.2 Å². The zero-order valence-electron chi connectivity index (χ0n) is 15.5. The summed E-state index contributed by atoms with van der Waals surface area (Å²) in [6.07, 6.45) is 7.73. The number of ether oxygens (including phenoxy) is 2. The fourth-order valence-corrected chi connectivity index (χ4v) is 4.37. The molecule has 4 nitrogen and oxygen atoms in total. The molecule has 0 spiro atoms. The Bertz CT molecular complexity index is 742. The molecular weight excluding hydrogens is 316 g/mol. The Morgan fingerprint density at radius 3 is 2.20 bits per heavy atom. The van der Waals surface area contributed by atoms with Gasteiger partial charge in [0, 0.05) is 12.8 Å². The van der Waals surface area contributed by atoms with Gasteiger partial charge in [-0.15, -0.1) is 0 Å². The molecule has 1 aromatic rings. The van der Waals surface area contributed by atoms with Crippen LogP contribution in [0.3, 0.4) is 0 Å². The highest BCUT2D eigenvalue weighted by atomic mass is 16.5. The summed E-state index contributed by atoms with van der Waals surface area (Å²) in [6, 6.07) is 2.22. The van der Waals surface area contributed by atoms with Crippen LogP contribution in [0.1, 0.15) is 53.5 Å². The van der Waals surface area contributed by atoms with Gasteiger partial charge in [0.15, 0.2) is 5.41 Å². The van der Waals surface area contributed by atoms with Crippen molar-refractivity contribution in [3.05, 3.63) is 40.0 Å². The molecule has 0 amide bonds. The zero-order chi connectivity index (χ0) is 18.2. The number of carbonyl (C=O) groups excluding carboxylic acids is 2. The van der Waals surface area contributed by atoms with Crippen LogP contribution < -0.4 is 0 Å². The molecule has 0 N–H and O–H groups in total. The molecule has 4 heteroatoms. The Balaban J connectivity index is 2.10. The summed E-state index contributed by atoms with van der Waals surface area (Å²) >= 11 is 0. The average molecular weight is 342 g/mol. The maximum absolute atomic E-state index is 12.5. The Morgan fingerprint density at radius 2 is 1.64 bits per heavy atom. The molecule has 0 fully saturated rings. The highest BCUT2D eigenvalue weighted by Gasteiger charge is 2.53. The Hall–Kier alpha value is -2.10. The number of benzene rings is 1. The van der Waals surface area contributed by atoms with Crippen molar-refractivity contribution in [2.45, 2.75) is 52.4 Å². The average Bonchev–Trinajstić information content (AvgIpc) is 3.07. The van der Waals surface area contributed by atoms with E-state index >= 15 is 0 Å². The van der Waals surface area contributed by atoms with Crippen LogP contribution in [0.15, 0.2) is 12.1 Å². The van der Waals surface area contributed by atoms with Crippen LogP contribution >= 0.6 is 0 Å².